The first-order valence-electron chi connectivity index (χ1n) is 5.24. The predicted molar refractivity (Wildman–Crippen MR) is 56.0 cm³/mol. The van der Waals surface area contributed by atoms with E-state index in [0.29, 0.717) is 6.04 Å². The maximum atomic E-state index is 5.95. The van der Waals surface area contributed by atoms with Gasteiger partial charge >= 0.3 is 0 Å². The van der Waals surface area contributed by atoms with Gasteiger partial charge in [0.1, 0.15) is 0 Å². The van der Waals surface area contributed by atoms with Crippen molar-refractivity contribution in [2.24, 2.45) is 23.5 Å². The van der Waals surface area contributed by atoms with E-state index in [1.54, 1.807) is 0 Å². The number of rotatable bonds is 5. The van der Waals surface area contributed by atoms with Gasteiger partial charge in [0, 0.05) is 6.04 Å². The minimum Gasteiger partial charge on any atom is -0.328 e. The van der Waals surface area contributed by atoms with Gasteiger partial charge < -0.3 is 5.73 Å². The van der Waals surface area contributed by atoms with Crippen LogP contribution in [-0.4, -0.2) is 6.04 Å². The van der Waals surface area contributed by atoms with Crippen molar-refractivity contribution in [1.82, 2.24) is 0 Å². The topological polar surface area (TPSA) is 26.0 Å². The van der Waals surface area contributed by atoms with Gasteiger partial charge in [-0.2, -0.15) is 0 Å². The Labute approximate surface area is 77.7 Å². The molecule has 0 aliphatic carbocycles. The average Bonchev–Trinajstić information content (AvgIpc) is 1.98. The van der Waals surface area contributed by atoms with Crippen molar-refractivity contribution in [3.05, 3.63) is 0 Å². The Kier molecular flexibility index (Phi) is 5.56. The van der Waals surface area contributed by atoms with E-state index < -0.39 is 0 Å². The van der Waals surface area contributed by atoms with Crippen LogP contribution < -0.4 is 5.73 Å². The van der Waals surface area contributed by atoms with Crippen molar-refractivity contribution in [2.45, 2.75) is 53.5 Å². The van der Waals surface area contributed by atoms with Crippen molar-refractivity contribution < 1.29 is 0 Å². The molecule has 1 nitrogen and oxygen atoms in total. The zero-order valence-corrected chi connectivity index (χ0v) is 9.30. The smallest absolute Gasteiger partial charge is 0.00390 e. The Morgan fingerprint density at radius 3 is 1.67 bits per heavy atom. The summed E-state index contributed by atoms with van der Waals surface area (Å²) >= 11 is 0. The summed E-state index contributed by atoms with van der Waals surface area (Å²) in [6.45, 7) is 11.4. The zero-order valence-electron chi connectivity index (χ0n) is 9.30. The molecular weight excluding hydrogens is 146 g/mol. The summed E-state index contributed by atoms with van der Waals surface area (Å²) in [7, 11) is 0. The summed E-state index contributed by atoms with van der Waals surface area (Å²) in [5, 5.41) is 0. The fourth-order valence-electron chi connectivity index (χ4n) is 1.83. The molecule has 0 fully saturated rings. The van der Waals surface area contributed by atoms with Gasteiger partial charge in [0.2, 0.25) is 0 Å². The Hall–Kier alpha value is -0.0400. The molecule has 0 saturated carbocycles. The molecular formula is C11H25N. The second-order valence-corrected chi connectivity index (χ2v) is 4.56. The van der Waals surface area contributed by atoms with E-state index in [9.17, 15) is 0 Å². The van der Waals surface area contributed by atoms with E-state index in [1.807, 2.05) is 0 Å². The van der Waals surface area contributed by atoms with Gasteiger partial charge in [-0.05, 0) is 30.6 Å². The minimum atomic E-state index is 0.403. The molecule has 0 radical (unpaired) electrons. The molecule has 1 atom stereocenters. The molecule has 0 saturated heterocycles. The Bertz CT molecular complexity index is 99.6. The van der Waals surface area contributed by atoms with Gasteiger partial charge in [0.15, 0.2) is 0 Å². The molecule has 0 spiro atoms. The third-order valence-corrected chi connectivity index (χ3v) is 2.81. The third kappa shape index (κ3) is 4.10. The molecule has 1 unspecified atom stereocenters. The molecule has 0 bridgehead atoms. The van der Waals surface area contributed by atoms with E-state index in [0.717, 1.165) is 24.2 Å². The lowest BCUT2D eigenvalue weighted by atomic mass is 9.81. The highest BCUT2D eigenvalue weighted by Crippen LogP contribution is 2.25. The molecule has 2 N–H and O–H groups in total. The van der Waals surface area contributed by atoms with E-state index in [2.05, 4.69) is 34.6 Å². The van der Waals surface area contributed by atoms with Crippen LogP contribution in [0.2, 0.25) is 0 Å². The van der Waals surface area contributed by atoms with Gasteiger partial charge in [0.25, 0.3) is 0 Å². The standard InChI is InChI=1S/C11H25N/c1-6-10(12)7-11(8(2)3)9(4)5/h8-11H,6-7,12H2,1-5H3. The van der Waals surface area contributed by atoms with Crippen LogP contribution in [0.1, 0.15) is 47.5 Å². The van der Waals surface area contributed by atoms with Crippen molar-refractivity contribution in [3.8, 4) is 0 Å². The lowest BCUT2D eigenvalue weighted by Gasteiger charge is -2.27. The van der Waals surface area contributed by atoms with Crippen LogP contribution in [0.15, 0.2) is 0 Å². The van der Waals surface area contributed by atoms with E-state index in [4.69, 9.17) is 5.73 Å². The molecule has 0 rings (SSSR count). The molecule has 0 aliphatic rings. The number of hydrogen-bond donors (Lipinski definition) is 1. The fourth-order valence-corrected chi connectivity index (χ4v) is 1.83. The largest absolute Gasteiger partial charge is 0.328 e. The quantitative estimate of drug-likeness (QED) is 0.676. The van der Waals surface area contributed by atoms with Crippen LogP contribution in [0.5, 0.6) is 0 Å². The molecule has 0 amide bonds. The van der Waals surface area contributed by atoms with Crippen molar-refractivity contribution in [3.63, 3.8) is 0 Å². The minimum absolute atomic E-state index is 0.403. The van der Waals surface area contributed by atoms with Crippen LogP contribution in [-0.2, 0) is 0 Å². The highest BCUT2D eigenvalue weighted by molar-refractivity contribution is 4.72. The average molecular weight is 171 g/mol. The molecule has 0 aromatic heterocycles. The molecule has 0 heterocycles. The summed E-state index contributed by atoms with van der Waals surface area (Å²) in [6, 6.07) is 0.403. The molecule has 0 aromatic carbocycles. The van der Waals surface area contributed by atoms with Crippen LogP contribution >= 0.6 is 0 Å². The highest BCUT2D eigenvalue weighted by Gasteiger charge is 2.19. The first-order chi connectivity index (χ1) is 5.49. The zero-order chi connectivity index (χ0) is 9.72. The first kappa shape index (κ1) is 12.0. The van der Waals surface area contributed by atoms with Gasteiger partial charge in [-0.25, -0.2) is 0 Å². The van der Waals surface area contributed by atoms with Crippen LogP contribution in [0.25, 0.3) is 0 Å². The summed E-state index contributed by atoms with van der Waals surface area (Å²) in [6.07, 6.45) is 2.29. The number of hydrogen-bond acceptors (Lipinski definition) is 1. The predicted octanol–water partition coefficient (Wildman–Crippen LogP) is 3.04. The molecule has 74 valence electrons. The Morgan fingerprint density at radius 1 is 1.00 bits per heavy atom. The second-order valence-electron chi connectivity index (χ2n) is 4.56. The van der Waals surface area contributed by atoms with E-state index in [-0.39, 0.29) is 0 Å². The molecule has 0 aliphatic heterocycles. The molecule has 12 heavy (non-hydrogen) atoms. The van der Waals surface area contributed by atoms with Crippen molar-refractivity contribution in [2.75, 3.05) is 0 Å². The lowest BCUT2D eigenvalue weighted by molar-refractivity contribution is 0.250. The summed E-state index contributed by atoms with van der Waals surface area (Å²) in [5.74, 6) is 2.32. The summed E-state index contributed by atoms with van der Waals surface area (Å²) < 4.78 is 0. The van der Waals surface area contributed by atoms with Crippen molar-refractivity contribution in [1.29, 1.82) is 0 Å². The fraction of sp³-hybridized carbons (Fsp3) is 1.00. The monoisotopic (exact) mass is 171 g/mol. The summed E-state index contributed by atoms with van der Waals surface area (Å²) in [4.78, 5) is 0. The normalized spacial score (nSPS) is 14.8. The van der Waals surface area contributed by atoms with Crippen molar-refractivity contribution >= 4 is 0 Å². The molecule has 0 aromatic rings. The van der Waals surface area contributed by atoms with Crippen LogP contribution in [0.3, 0.4) is 0 Å². The van der Waals surface area contributed by atoms with Gasteiger partial charge in [-0.15, -0.1) is 0 Å². The third-order valence-electron chi connectivity index (χ3n) is 2.81. The van der Waals surface area contributed by atoms with Gasteiger partial charge in [-0.1, -0.05) is 34.6 Å². The van der Waals surface area contributed by atoms with Gasteiger partial charge in [0.05, 0.1) is 0 Å². The summed E-state index contributed by atoms with van der Waals surface area (Å²) in [5.41, 5.74) is 5.95. The second kappa shape index (κ2) is 5.58. The Balaban J connectivity index is 3.95. The maximum Gasteiger partial charge on any atom is 0.00390 e. The lowest BCUT2D eigenvalue weighted by Crippen LogP contribution is -2.27. The maximum absolute atomic E-state index is 5.95. The number of nitrogens with two attached hydrogens (primary N) is 1. The molecule has 1 heteroatoms. The van der Waals surface area contributed by atoms with E-state index in [1.165, 1.54) is 6.42 Å². The SMILES string of the molecule is CCC(N)CC(C(C)C)C(C)C. The van der Waals surface area contributed by atoms with Gasteiger partial charge in [-0.3, -0.25) is 0 Å². The highest BCUT2D eigenvalue weighted by atomic mass is 14.6. The van der Waals surface area contributed by atoms with E-state index >= 15 is 0 Å². The first-order valence-corrected chi connectivity index (χ1v) is 5.24. The van der Waals surface area contributed by atoms with Crippen LogP contribution in [0.4, 0.5) is 0 Å². The van der Waals surface area contributed by atoms with Crippen LogP contribution in [0, 0.1) is 17.8 Å². The Morgan fingerprint density at radius 2 is 1.42 bits per heavy atom.